The monoisotopic (exact) mass is 252 g/mol. The summed E-state index contributed by atoms with van der Waals surface area (Å²) < 4.78 is 0. The molecule has 0 aliphatic heterocycles. The summed E-state index contributed by atoms with van der Waals surface area (Å²) in [4.78, 5) is 3.20. The van der Waals surface area contributed by atoms with Gasteiger partial charge in [-0.1, -0.05) is 32.3 Å². The Morgan fingerprint density at radius 3 is 2.82 bits per heavy atom. The molecule has 0 amide bonds. The van der Waals surface area contributed by atoms with Crippen LogP contribution in [0.25, 0.3) is 10.9 Å². The van der Waals surface area contributed by atoms with Crippen LogP contribution in [0, 0.1) is 0 Å². The second-order valence-electron chi connectivity index (χ2n) is 4.43. The molecular weight excluding hydrogens is 232 g/mol. The summed E-state index contributed by atoms with van der Waals surface area (Å²) in [6.07, 6.45) is 6.81. The van der Waals surface area contributed by atoms with Gasteiger partial charge in [0.2, 0.25) is 0 Å². The number of aromatic nitrogens is 1. The van der Waals surface area contributed by atoms with Gasteiger partial charge in [0.15, 0.2) is 0 Å². The molecule has 0 unspecified atom stereocenters. The average Bonchev–Trinajstić information content (AvgIpc) is 2.76. The van der Waals surface area contributed by atoms with E-state index in [4.69, 9.17) is 5.73 Å². The number of hydrogen-bond donors (Lipinski definition) is 2. The molecule has 0 bridgehead atoms. The first-order valence-corrected chi connectivity index (χ1v) is 6.14. The van der Waals surface area contributed by atoms with Crippen LogP contribution in [0.15, 0.2) is 30.5 Å². The lowest BCUT2D eigenvalue weighted by atomic mass is 10.0. The van der Waals surface area contributed by atoms with E-state index < -0.39 is 0 Å². The fraction of sp³-hybridized carbons (Fsp3) is 0.429. The molecule has 0 fully saturated rings. The van der Waals surface area contributed by atoms with Crippen LogP contribution in [-0.2, 0) is 0 Å². The molecular formula is C14H21ClN2. The molecule has 1 aromatic heterocycles. The quantitative estimate of drug-likeness (QED) is 0.771. The molecule has 3 N–H and O–H groups in total. The molecule has 0 aliphatic rings. The zero-order valence-corrected chi connectivity index (χ0v) is 11.1. The van der Waals surface area contributed by atoms with E-state index in [0.29, 0.717) is 0 Å². The lowest BCUT2D eigenvalue weighted by Gasteiger charge is -2.11. The van der Waals surface area contributed by atoms with Gasteiger partial charge in [-0.2, -0.15) is 0 Å². The fourth-order valence-electron chi connectivity index (χ4n) is 2.08. The zero-order chi connectivity index (χ0) is 11.4. The number of rotatable bonds is 5. The minimum Gasteiger partial charge on any atom is -0.361 e. The Morgan fingerprint density at radius 1 is 1.24 bits per heavy atom. The normalized spacial score (nSPS) is 12.4. The summed E-state index contributed by atoms with van der Waals surface area (Å²) in [6, 6.07) is 8.73. The maximum absolute atomic E-state index is 6.19. The summed E-state index contributed by atoms with van der Waals surface area (Å²) in [5.74, 6) is 0. The second kappa shape index (κ2) is 6.67. The summed E-state index contributed by atoms with van der Waals surface area (Å²) >= 11 is 0. The molecule has 1 heterocycles. The van der Waals surface area contributed by atoms with Crippen LogP contribution in [0.3, 0.4) is 0 Å². The molecule has 3 heteroatoms. The molecule has 0 radical (unpaired) electrons. The van der Waals surface area contributed by atoms with Gasteiger partial charge in [-0.05, 0) is 35.6 Å². The fourth-order valence-corrected chi connectivity index (χ4v) is 2.08. The number of aromatic amines is 1. The van der Waals surface area contributed by atoms with Crippen molar-refractivity contribution >= 4 is 23.3 Å². The number of fused-ring (bicyclic) bond motifs is 1. The molecule has 1 atom stereocenters. The lowest BCUT2D eigenvalue weighted by molar-refractivity contribution is 0.581. The lowest BCUT2D eigenvalue weighted by Crippen LogP contribution is -2.09. The van der Waals surface area contributed by atoms with Gasteiger partial charge >= 0.3 is 0 Å². The van der Waals surface area contributed by atoms with E-state index in [1.165, 1.54) is 35.7 Å². The van der Waals surface area contributed by atoms with Crippen molar-refractivity contribution in [3.8, 4) is 0 Å². The number of nitrogens with two attached hydrogens (primary N) is 1. The van der Waals surface area contributed by atoms with Crippen LogP contribution in [0.1, 0.15) is 44.2 Å². The highest BCUT2D eigenvalue weighted by atomic mass is 35.5. The molecule has 0 saturated carbocycles. The van der Waals surface area contributed by atoms with Crippen molar-refractivity contribution in [3.63, 3.8) is 0 Å². The average molecular weight is 253 g/mol. The number of unbranched alkanes of at least 4 members (excludes halogenated alkanes) is 2. The highest BCUT2D eigenvalue weighted by molar-refractivity contribution is 5.85. The smallest absolute Gasteiger partial charge is 0.0454 e. The van der Waals surface area contributed by atoms with Gasteiger partial charge in [0.1, 0.15) is 0 Å². The highest BCUT2D eigenvalue weighted by Crippen LogP contribution is 2.21. The minimum absolute atomic E-state index is 0. The number of halogens is 1. The molecule has 0 saturated heterocycles. The summed E-state index contributed by atoms with van der Waals surface area (Å²) in [5.41, 5.74) is 8.62. The van der Waals surface area contributed by atoms with Crippen molar-refractivity contribution in [2.75, 3.05) is 0 Å². The van der Waals surface area contributed by atoms with Crippen LogP contribution in [0.4, 0.5) is 0 Å². The van der Waals surface area contributed by atoms with Crippen LogP contribution < -0.4 is 5.73 Å². The van der Waals surface area contributed by atoms with Gasteiger partial charge in [-0.15, -0.1) is 12.4 Å². The molecule has 2 rings (SSSR count). The molecule has 0 spiro atoms. The predicted octanol–water partition coefficient (Wildman–Crippen LogP) is 4.17. The standard InChI is InChI=1S/C14H20N2.ClH/c1-2-3-4-5-13(15)11-6-7-14-12(10-11)8-9-16-14;/h6-10,13,16H,2-5,15H2,1H3;1H/t13-;/m0./s1. The van der Waals surface area contributed by atoms with Crippen molar-refractivity contribution in [2.24, 2.45) is 5.73 Å². The minimum atomic E-state index is 0. The molecule has 94 valence electrons. The van der Waals surface area contributed by atoms with Crippen molar-refractivity contribution in [1.29, 1.82) is 0 Å². The Bertz CT molecular complexity index is 450. The third-order valence-electron chi connectivity index (χ3n) is 3.12. The molecule has 2 aromatic rings. The first-order chi connectivity index (χ1) is 7.81. The van der Waals surface area contributed by atoms with Crippen LogP contribution in [0.5, 0.6) is 0 Å². The largest absolute Gasteiger partial charge is 0.361 e. The van der Waals surface area contributed by atoms with Crippen molar-refractivity contribution in [1.82, 2.24) is 4.98 Å². The third kappa shape index (κ3) is 3.48. The van der Waals surface area contributed by atoms with E-state index in [9.17, 15) is 0 Å². The Morgan fingerprint density at radius 2 is 2.06 bits per heavy atom. The Labute approximate surface area is 109 Å². The second-order valence-corrected chi connectivity index (χ2v) is 4.43. The molecule has 1 aromatic carbocycles. The van der Waals surface area contributed by atoms with E-state index in [1.54, 1.807) is 0 Å². The van der Waals surface area contributed by atoms with Gasteiger partial charge in [0.25, 0.3) is 0 Å². The summed E-state index contributed by atoms with van der Waals surface area (Å²) in [5, 5.41) is 1.25. The Kier molecular flexibility index (Phi) is 5.52. The van der Waals surface area contributed by atoms with Gasteiger partial charge in [0.05, 0.1) is 0 Å². The Hall–Kier alpha value is -0.990. The van der Waals surface area contributed by atoms with Crippen LogP contribution in [-0.4, -0.2) is 4.98 Å². The number of hydrogen-bond acceptors (Lipinski definition) is 1. The van der Waals surface area contributed by atoms with Crippen molar-refractivity contribution < 1.29 is 0 Å². The van der Waals surface area contributed by atoms with Gasteiger partial charge < -0.3 is 10.7 Å². The van der Waals surface area contributed by atoms with Crippen molar-refractivity contribution in [3.05, 3.63) is 36.0 Å². The number of benzene rings is 1. The van der Waals surface area contributed by atoms with Gasteiger partial charge in [-0.25, -0.2) is 0 Å². The zero-order valence-electron chi connectivity index (χ0n) is 10.3. The Balaban J connectivity index is 0.00000144. The van der Waals surface area contributed by atoms with E-state index >= 15 is 0 Å². The van der Waals surface area contributed by atoms with E-state index in [0.717, 1.165) is 6.42 Å². The topological polar surface area (TPSA) is 41.8 Å². The van der Waals surface area contributed by atoms with E-state index in [2.05, 4.69) is 36.2 Å². The highest BCUT2D eigenvalue weighted by Gasteiger charge is 2.06. The number of nitrogens with one attached hydrogen (secondary N) is 1. The number of H-pyrrole nitrogens is 1. The summed E-state index contributed by atoms with van der Waals surface area (Å²) in [7, 11) is 0. The maximum atomic E-state index is 6.19. The molecule has 2 nitrogen and oxygen atoms in total. The van der Waals surface area contributed by atoms with Crippen LogP contribution >= 0.6 is 12.4 Å². The first kappa shape index (κ1) is 14.1. The SMILES string of the molecule is CCCCC[C@H](N)c1ccc2[nH]ccc2c1.Cl. The first-order valence-electron chi connectivity index (χ1n) is 6.14. The predicted molar refractivity (Wildman–Crippen MR) is 76.6 cm³/mol. The van der Waals surface area contributed by atoms with Crippen LogP contribution in [0.2, 0.25) is 0 Å². The molecule has 0 aliphatic carbocycles. The van der Waals surface area contributed by atoms with E-state index in [-0.39, 0.29) is 18.4 Å². The van der Waals surface area contributed by atoms with Crippen molar-refractivity contribution in [2.45, 2.75) is 38.6 Å². The summed E-state index contributed by atoms with van der Waals surface area (Å²) in [6.45, 7) is 2.22. The van der Waals surface area contributed by atoms with E-state index in [1.807, 2.05) is 6.20 Å². The third-order valence-corrected chi connectivity index (χ3v) is 3.12. The van der Waals surface area contributed by atoms with Gasteiger partial charge in [0, 0.05) is 17.8 Å². The molecule has 17 heavy (non-hydrogen) atoms. The van der Waals surface area contributed by atoms with Gasteiger partial charge in [-0.3, -0.25) is 0 Å². The maximum Gasteiger partial charge on any atom is 0.0454 e.